The minimum Gasteiger partial charge on any atom is -0.445 e. The number of nitrogens with one attached hydrogen (secondary N) is 2. The second-order valence-electron chi connectivity index (χ2n) is 10.8. The van der Waals surface area contributed by atoms with E-state index in [2.05, 4.69) is 27.4 Å². The molecule has 1 amide bonds. The Balaban J connectivity index is 1.12. The monoisotopic (exact) mass is 581 g/mol. The lowest BCUT2D eigenvalue weighted by Crippen LogP contribution is -2.40. The fraction of sp³-hybridized carbons (Fsp3) is 0.353. The minimum atomic E-state index is -0.423. The lowest BCUT2D eigenvalue weighted by atomic mass is 9.91. The summed E-state index contributed by atoms with van der Waals surface area (Å²) in [4.78, 5) is 39.4. The number of hydrogen-bond acceptors (Lipinski definition) is 7. The van der Waals surface area contributed by atoms with Crippen LogP contribution >= 0.6 is 0 Å². The van der Waals surface area contributed by atoms with Gasteiger partial charge in [-0.1, -0.05) is 66.7 Å². The standard InChI is InChI=1S/C34H39N5O4/c40-33-30-24-39(34(41)43-25-26-9-3-1-4-10-26)18-15-31(30)37-32(38-33)21-29(28-12-5-2-6-13-28)14-8-19-42-20-17-36-23-27-11-7-16-35-22-27/h1-7,9-13,16,22,29,36H,8,14-15,17-21,23-25H2,(H,37,38,40). The molecule has 2 N–H and O–H groups in total. The first-order valence-corrected chi connectivity index (χ1v) is 14.9. The quantitative estimate of drug-likeness (QED) is 0.207. The maximum atomic E-state index is 13.1. The van der Waals surface area contributed by atoms with Crippen molar-refractivity contribution in [3.63, 3.8) is 0 Å². The van der Waals surface area contributed by atoms with Crippen LogP contribution in [-0.2, 0) is 42.0 Å². The topological polar surface area (TPSA) is 109 Å². The van der Waals surface area contributed by atoms with E-state index in [1.807, 2.05) is 66.9 Å². The summed E-state index contributed by atoms with van der Waals surface area (Å²) in [6.45, 7) is 3.73. The molecule has 0 aliphatic carbocycles. The van der Waals surface area contributed by atoms with Crippen molar-refractivity contribution in [1.82, 2.24) is 25.2 Å². The van der Waals surface area contributed by atoms with Crippen LogP contribution in [0.3, 0.4) is 0 Å². The first kappa shape index (κ1) is 30.1. The summed E-state index contributed by atoms with van der Waals surface area (Å²) in [5, 5.41) is 3.38. The first-order chi connectivity index (χ1) is 21.2. The second kappa shape index (κ2) is 15.8. The molecule has 4 aromatic rings. The van der Waals surface area contributed by atoms with Crippen molar-refractivity contribution in [2.45, 2.75) is 51.3 Å². The zero-order valence-corrected chi connectivity index (χ0v) is 24.4. The van der Waals surface area contributed by atoms with Crippen LogP contribution in [-0.4, -0.2) is 52.2 Å². The van der Waals surface area contributed by atoms with E-state index in [9.17, 15) is 9.59 Å². The minimum absolute atomic E-state index is 0.186. The summed E-state index contributed by atoms with van der Waals surface area (Å²) in [6.07, 6.45) is 6.17. The Morgan fingerprint density at radius 1 is 1.00 bits per heavy atom. The molecule has 1 atom stereocenters. The molecule has 0 saturated carbocycles. The van der Waals surface area contributed by atoms with Crippen LogP contribution in [0.25, 0.3) is 0 Å². The average Bonchev–Trinajstić information content (AvgIpc) is 3.05. The zero-order chi connectivity index (χ0) is 29.7. The van der Waals surface area contributed by atoms with Crippen LogP contribution in [0.5, 0.6) is 0 Å². The molecule has 224 valence electrons. The summed E-state index contributed by atoms with van der Waals surface area (Å²) in [5.41, 5.74) is 4.41. The Morgan fingerprint density at radius 2 is 1.79 bits per heavy atom. The van der Waals surface area contributed by atoms with Crippen LogP contribution in [0.4, 0.5) is 4.79 Å². The number of aromatic nitrogens is 3. The van der Waals surface area contributed by atoms with E-state index in [1.54, 1.807) is 11.1 Å². The number of carbonyl (C=O) groups is 1. The lowest BCUT2D eigenvalue weighted by Gasteiger charge is -2.27. The van der Waals surface area contributed by atoms with Crippen molar-refractivity contribution in [1.29, 1.82) is 0 Å². The van der Waals surface area contributed by atoms with Crippen molar-refractivity contribution in [3.05, 3.63) is 129 Å². The molecule has 0 bridgehead atoms. The third-order valence-electron chi connectivity index (χ3n) is 7.61. The van der Waals surface area contributed by atoms with Crippen molar-refractivity contribution in [3.8, 4) is 0 Å². The molecular weight excluding hydrogens is 542 g/mol. The highest BCUT2D eigenvalue weighted by Gasteiger charge is 2.26. The number of hydrogen-bond donors (Lipinski definition) is 2. The van der Waals surface area contributed by atoms with Crippen LogP contribution in [0.1, 0.15) is 52.5 Å². The van der Waals surface area contributed by atoms with Gasteiger partial charge in [-0.25, -0.2) is 9.78 Å². The number of fused-ring (bicyclic) bond motifs is 1. The molecule has 1 unspecified atom stereocenters. The van der Waals surface area contributed by atoms with Crippen molar-refractivity contribution >= 4 is 6.09 Å². The number of pyridine rings is 1. The first-order valence-electron chi connectivity index (χ1n) is 14.9. The highest BCUT2D eigenvalue weighted by Crippen LogP contribution is 2.25. The number of nitrogens with zero attached hydrogens (tertiary/aromatic N) is 3. The normalized spacial score (nSPS) is 13.3. The maximum absolute atomic E-state index is 13.1. The summed E-state index contributed by atoms with van der Waals surface area (Å²) < 4.78 is 11.4. The second-order valence-corrected chi connectivity index (χ2v) is 10.8. The van der Waals surface area contributed by atoms with Gasteiger partial charge < -0.3 is 24.7 Å². The van der Waals surface area contributed by atoms with E-state index in [4.69, 9.17) is 14.5 Å². The number of ether oxygens (including phenoxy) is 2. The third kappa shape index (κ3) is 9.07. The Kier molecular flexibility index (Phi) is 11.0. The van der Waals surface area contributed by atoms with Crippen LogP contribution in [0.15, 0.2) is 90.0 Å². The molecular formula is C34H39N5O4. The molecule has 0 saturated heterocycles. The predicted octanol–water partition coefficient (Wildman–Crippen LogP) is 4.77. The van der Waals surface area contributed by atoms with E-state index < -0.39 is 6.09 Å². The molecule has 9 heteroatoms. The van der Waals surface area contributed by atoms with Gasteiger partial charge >= 0.3 is 6.09 Å². The predicted molar refractivity (Wildman–Crippen MR) is 164 cm³/mol. The number of carbonyl (C=O) groups excluding carboxylic acids is 1. The molecule has 5 rings (SSSR count). The van der Waals surface area contributed by atoms with E-state index in [0.29, 0.717) is 44.0 Å². The lowest BCUT2D eigenvalue weighted by molar-refractivity contribution is 0.0913. The van der Waals surface area contributed by atoms with Gasteiger partial charge in [0, 0.05) is 51.5 Å². The summed E-state index contributed by atoms with van der Waals surface area (Å²) in [6, 6.07) is 23.9. The summed E-state index contributed by atoms with van der Waals surface area (Å²) in [7, 11) is 0. The van der Waals surface area contributed by atoms with Gasteiger partial charge in [-0.05, 0) is 41.5 Å². The molecule has 2 aromatic carbocycles. The van der Waals surface area contributed by atoms with Gasteiger partial charge in [0.15, 0.2) is 0 Å². The fourth-order valence-corrected chi connectivity index (χ4v) is 5.30. The molecule has 1 aliphatic rings. The van der Waals surface area contributed by atoms with Crippen LogP contribution in [0, 0.1) is 0 Å². The van der Waals surface area contributed by atoms with Gasteiger partial charge in [-0.15, -0.1) is 0 Å². The number of amides is 1. The van der Waals surface area contributed by atoms with E-state index >= 15 is 0 Å². The molecule has 43 heavy (non-hydrogen) atoms. The van der Waals surface area contributed by atoms with Gasteiger partial charge in [-0.3, -0.25) is 9.78 Å². The zero-order valence-electron chi connectivity index (χ0n) is 24.4. The molecule has 0 radical (unpaired) electrons. The molecule has 0 spiro atoms. The number of benzene rings is 2. The van der Waals surface area contributed by atoms with Gasteiger partial charge in [0.2, 0.25) is 0 Å². The highest BCUT2D eigenvalue weighted by atomic mass is 16.6. The summed E-state index contributed by atoms with van der Waals surface area (Å²) in [5.74, 6) is 0.876. The van der Waals surface area contributed by atoms with Crippen molar-refractivity contribution < 1.29 is 14.3 Å². The van der Waals surface area contributed by atoms with Crippen molar-refractivity contribution in [2.75, 3.05) is 26.3 Å². The number of H-pyrrole nitrogens is 1. The Hall–Kier alpha value is -4.34. The van der Waals surface area contributed by atoms with Gasteiger partial charge in [-0.2, -0.15) is 0 Å². The average molecular weight is 582 g/mol. The SMILES string of the molecule is O=C(OCc1ccccc1)N1CCc2nc(CC(CCCOCCNCc3cccnc3)c3ccccc3)[nH]c(=O)c2C1. The molecule has 3 heterocycles. The Morgan fingerprint density at radius 3 is 2.58 bits per heavy atom. The largest absolute Gasteiger partial charge is 0.445 e. The van der Waals surface area contributed by atoms with Crippen molar-refractivity contribution in [2.24, 2.45) is 0 Å². The van der Waals surface area contributed by atoms with E-state index in [-0.39, 0.29) is 24.6 Å². The van der Waals surface area contributed by atoms with Crippen LogP contribution < -0.4 is 10.9 Å². The highest BCUT2D eigenvalue weighted by molar-refractivity contribution is 5.68. The third-order valence-corrected chi connectivity index (χ3v) is 7.61. The number of aromatic amines is 1. The molecule has 2 aromatic heterocycles. The van der Waals surface area contributed by atoms with E-state index in [1.165, 1.54) is 5.56 Å². The van der Waals surface area contributed by atoms with Gasteiger partial charge in [0.1, 0.15) is 12.4 Å². The van der Waals surface area contributed by atoms with Crippen LogP contribution in [0.2, 0.25) is 0 Å². The molecule has 9 nitrogen and oxygen atoms in total. The molecule has 0 fully saturated rings. The van der Waals surface area contributed by atoms with E-state index in [0.717, 1.165) is 42.8 Å². The fourth-order valence-electron chi connectivity index (χ4n) is 5.30. The van der Waals surface area contributed by atoms with Gasteiger partial charge in [0.25, 0.3) is 5.56 Å². The summed E-state index contributed by atoms with van der Waals surface area (Å²) >= 11 is 0. The Bertz CT molecular complexity index is 1480. The molecule has 1 aliphatic heterocycles. The number of rotatable bonds is 14. The maximum Gasteiger partial charge on any atom is 0.410 e. The van der Waals surface area contributed by atoms with Gasteiger partial charge in [0.05, 0.1) is 24.4 Å². The Labute approximate surface area is 252 Å². The smallest absolute Gasteiger partial charge is 0.410 e.